The zero-order valence-corrected chi connectivity index (χ0v) is 10.4. The highest BCUT2D eigenvalue weighted by molar-refractivity contribution is 5.26. The fraction of sp³-hybridized carbons (Fsp3) is 0.250. The molecule has 0 atom stereocenters. The van der Waals surface area contributed by atoms with E-state index in [0.717, 1.165) is 11.1 Å². The maximum absolute atomic E-state index is 14.0. The number of aryl methyl sites for hydroxylation is 2. The van der Waals surface area contributed by atoms with Crippen LogP contribution in [0.25, 0.3) is 0 Å². The molecule has 0 aliphatic carbocycles. The van der Waals surface area contributed by atoms with Crippen molar-refractivity contribution in [1.29, 1.82) is 0 Å². The van der Waals surface area contributed by atoms with Gasteiger partial charge in [0.15, 0.2) is 0 Å². The third kappa shape index (κ3) is 2.95. The molecule has 2 rings (SSSR count). The van der Waals surface area contributed by atoms with Crippen molar-refractivity contribution in [1.82, 2.24) is 0 Å². The summed E-state index contributed by atoms with van der Waals surface area (Å²) < 4.78 is 27.9. The van der Waals surface area contributed by atoms with Gasteiger partial charge in [-0.3, -0.25) is 0 Å². The van der Waals surface area contributed by atoms with E-state index in [1.54, 1.807) is 18.2 Å². The molecule has 2 aromatic rings. The van der Waals surface area contributed by atoms with E-state index >= 15 is 0 Å². The summed E-state index contributed by atoms with van der Waals surface area (Å²) in [6.45, 7) is 1.95. The van der Waals surface area contributed by atoms with Crippen LogP contribution in [0.3, 0.4) is 0 Å². The summed E-state index contributed by atoms with van der Waals surface area (Å²) >= 11 is 0. The van der Waals surface area contributed by atoms with Crippen LogP contribution in [0.15, 0.2) is 54.6 Å². The van der Waals surface area contributed by atoms with Crippen LogP contribution in [-0.4, -0.2) is 0 Å². The number of alkyl halides is 2. The van der Waals surface area contributed by atoms with Gasteiger partial charge in [-0.25, -0.2) is 8.78 Å². The first-order valence-electron chi connectivity index (χ1n) is 6.07. The Kier molecular flexibility index (Phi) is 3.75. The molecular weight excluding hydrogens is 230 g/mol. The topological polar surface area (TPSA) is 0 Å². The average Bonchev–Trinajstić information content (AvgIpc) is 2.39. The lowest BCUT2D eigenvalue weighted by Gasteiger charge is -2.17. The molecule has 0 fully saturated rings. The number of benzene rings is 2. The van der Waals surface area contributed by atoms with Gasteiger partial charge >= 0.3 is 0 Å². The molecule has 2 aromatic carbocycles. The quantitative estimate of drug-likeness (QED) is 0.732. The molecule has 2 heteroatoms. The van der Waals surface area contributed by atoms with Crippen molar-refractivity contribution in [3.05, 3.63) is 71.3 Å². The van der Waals surface area contributed by atoms with E-state index in [4.69, 9.17) is 0 Å². The van der Waals surface area contributed by atoms with E-state index in [0.29, 0.717) is 6.42 Å². The Bertz CT molecular complexity index is 504. The molecule has 0 nitrogen and oxygen atoms in total. The highest BCUT2D eigenvalue weighted by atomic mass is 19.3. The average molecular weight is 246 g/mol. The van der Waals surface area contributed by atoms with E-state index in [2.05, 4.69) is 0 Å². The molecule has 0 aliphatic rings. The minimum atomic E-state index is -2.76. The normalized spacial score (nSPS) is 11.5. The van der Waals surface area contributed by atoms with Crippen LogP contribution in [0.5, 0.6) is 0 Å². The van der Waals surface area contributed by atoms with Crippen molar-refractivity contribution in [3.63, 3.8) is 0 Å². The van der Waals surface area contributed by atoms with Gasteiger partial charge in [-0.2, -0.15) is 0 Å². The fourth-order valence-corrected chi connectivity index (χ4v) is 2.01. The zero-order chi connectivity index (χ0) is 13.0. The molecule has 0 unspecified atom stereocenters. The lowest BCUT2D eigenvalue weighted by molar-refractivity contribution is -0.0130. The maximum atomic E-state index is 14.0. The second kappa shape index (κ2) is 5.30. The molecule has 0 spiro atoms. The molecular formula is C16H16F2. The Morgan fingerprint density at radius 3 is 2.17 bits per heavy atom. The standard InChI is InChI=1S/C16H16F2/c1-13-7-5-6-8-14(13)11-12-16(17,18)15-9-3-2-4-10-15/h2-10H,11-12H2,1H3. The van der Waals surface area contributed by atoms with Gasteiger partial charge in [0.25, 0.3) is 5.92 Å². The van der Waals surface area contributed by atoms with E-state index in [9.17, 15) is 8.78 Å². The van der Waals surface area contributed by atoms with Crippen LogP contribution in [0.4, 0.5) is 8.78 Å². The SMILES string of the molecule is Cc1ccccc1CCC(F)(F)c1ccccc1. The van der Waals surface area contributed by atoms with Gasteiger partial charge in [-0.15, -0.1) is 0 Å². The summed E-state index contributed by atoms with van der Waals surface area (Å²) in [6, 6.07) is 15.7. The van der Waals surface area contributed by atoms with Gasteiger partial charge < -0.3 is 0 Å². The zero-order valence-electron chi connectivity index (χ0n) is 10.4. The molecule has 0 aliphatic heterocycles. The molecule has 0 amide bonds. The van der Waals surface area contributed by atoms with Crippen molar-refractivity contribution in [3.8, 4) is 0 Å². The third-order valence-corrected chi connectivity index (χ3v) is 3.17. The molecule has 94 valence electrons. The first kappa shape index (κ1) is 12.7. The predicted molar refractivity (Wildman–Crippen MR) is 69.8 cm³/mol. The van der Waals surface area contributed by atoms with E-state index in [1.807, 2.05) is 31.2 Å². The van der Waals surface area contributed by atoms with Crippen LogP contribution in [0, 0.1) is 6.92 Å². The first-order chi connectivity index (χ1) is 8.59. The molecule has 0 N–H and O–H groups in total. The van der Waals surface area contributed by atoms with Gasteiger partial charge in [0.1, 0.15) is 0 Å². The molecule has 0 bridgehead atoms. The van der Waals surface area contributed by atoms with Gasteiger partial charge in [-0.1, -0.05) is 54.6 Å². The molecule has 0 heterocycles. The van der Waals surface area contributed by atoms with Crippen molar-refractivity contribution >= 4 is 0 Å². The summed E-state index contributed by atoms with van der Waals surface area (Å²) in [7, 11) is 0. The Balaban J connectivity index is 2.08. The number of hydrogen-bond acceptors (Lipinski definition) is 0. The number of halogens is 2. The summed E-state index contributed by atoms with van der Waals surface area (Å²) in [4.78, 5) is 0. The van der Waals surface area contributed by atoms with Crippen LogP contribution in [0.2, 0.25) is 0 Å². The lowest BCUT2D eigenvalue weighted by Crippen LogP contribution is -2.14. The number of rotatable bonds is 4. The van der Waals surface area contributed by atoms with E-state index in [1.165, 1.54) is 12.1 Å². The van der Waals surface area contributed by atoms with Gasteiger partial charge in [0, 0.05) is 12.0 Å². The molecule has 0 aromatic heterocycles. The Labute approximate surface area is 106 Å². The van der Waals surface area contributed by atoms with Crippen molar-refractivity contribution in [2.24, 2.45) is 0 Å². The summed E-state index contributed by atoms with van der Waals surface area (Å²) in [5.74, 6) is -2.76. The highest BCUT2D eigenvalue weighted by Crippen LogP contribution is 2.32. The Morgan fingerprint density at radius 2 is 1.50 bits per heavy atom. The van der Waals surface area contributed by atoms with Crippen molar-refractivity contribution in [2.75, 3.05) is 0 Å². The maximum Gasteiger partial charge on any atom is 0.273 e. The first-order valence-corrected chi connectivity index (χ1v) is 6.07. The van der Waals surface area contributed by atoms with Crippen LogP contribution in [-0.2, 0) is 12.3 Å². The fourth-order valence-electron chi connectivity index (χ4n) is 2.01. The summed E-state index contributed by atoms with van der Waals surface area (Å²) in [5, 5.41) is 0. The summed E-state index contributed by atoms with van der Waals surface area (Å²) in [6.07, 6.45) is 0.246. The van der Waals surface area contributed by atoms with Gasteiger partial charge in [0.05, 0.1) is 0 Å². The van der Waals surface area contributed by atoms with Crippen molar-refractivity contribution in [2.45, 2.75) is 25.7 Å². The number of hydrogen-bond donors (Lipinski definition) is 0. The molecule has 0 saturated heterocycles. The predicted octanol–water partition coefficient (Wildman–Crippen LogP) is 4.72. The van der Waals surface area contributed by atoms with Gasteiger partial charge in [-0.05, 0) is 24.5 Å². The Hall–Kier alpha value is -1.70. The van der Waals surface area contributed by atoms with Crippen molar-refractivity contribution < 1.29 is 8.78 Å². The smallest absolute Gasteiger partial charge is 0.201 e. The van der Waals surface area contributed by atoms with E-state index in [-0.39, 0.29) is 12.0 Å². The second-order valence-corrected chi connectivity index (χ2v) is 4.50. The minimum Gasteiger partial charge on any atom is -0.201 e. The third-order valence-electron chi connectivity index (χ3n) is 3.17. The lowest BCUT2D eigenvalue weighted by atomic mass is 9.98. The van der Waals surface area contributed by atoms with Crippen LogP contribution >= 0.6 is 0 Å². The molecule has 18 heavy (non-hydrogen) atoms. The molecule has 0 radical (unpaired) electrons. The largest absolute Gasteiger partial charge is 0.273 e. The van der Waals surface area contributed by atoms with Crippen LogP contribution in [0.1, 0.15) is 23.1 Å². The van der Waals surface area contributed by atoms with Gasteiger partial charge in [0.2, 0.25) is 0 Å². The Morgan fingerprint density at radius 1 is 0.889 bits per heavy atom. The van der Waals surface area contributed by atoms with E-state index < -0.39 is 5.92 Å². The monoisotopic (exact) mass is 246 g/mol. The summed E-state index contributed by atoms with van der Waals surface area (Å²) in [5.41, 5.74) is 2.16. The minimum absolute atomic E-state index is 0.0959. The highest BCUT2D eigenvalue weighted by Gasteiger charge is 2.30. The second-order valence-electron chi connectivity index (χ2n) is 4.50. The molecule has 0 saturated carbocycles. The van der Waals surface area contributed by atoms with Crippen LogP contribution < -0.4 is 0 Å².